The monoisotopic (exact) mass is 376 g/mol. The van der Waals surface area contributed by atoms with Crippen molar-refractivity contribution < 1.29 is 26.6 Å². The smallest absolute Gasteiger partial charge is 0.377 e. The summed E-state index contributed by atoms with van der Waals surface area (Å²) in [5, 5.41) is 1.03. The summed E-state index contributed by atoms with van der Waals surface area (Å²) in [6.07, 6.45) is 0. The van der Waals surface area contributed by atoms with Crippen LogP contribution < -0.4 is 5.19 Å². The van der Waals surface area contributed by atoms with Gasteiger partial charge in [-0.1, -0.05) is 30.3 Å². The van der Waals surface area contributed by atoms with E-state index in [0.29, 0.717) is 19.8 Å². The van der Waals surface area contributed by atoms with Crippen LogP contribution in [0.5, 0.6) is 0 Å². The van der Waals surface area contributed by atoms with Crippen molar-refractivity contribution in [3.8, 4) is 0 Å². The Kier molecular flexibility index (Phi) is 12.4. The summed E-state index contributed by atoms with van der Waals surface area (Å²) < 4.78 is 32.2. The Labute approximate surface area is 148 Å². The zero-order valence-electron chi connectivity index (χ0n) is 16.0. The highest BCUT2D eigenvalue weighted by Crippen LogP contribution is 2.10. The van der Waals surface area contributed by atoms with E-state index in [1.54, 1.807) is 21.3 Å². The first kappa shape index (κ1) is 23.4. The van der Waals surface area contributed by atoms with Gasteiger partial charge in [0.2, 0.25) is 0 Å². The van der Waals surface area contributed by atoms with Gasteiger partial charge in [-0.15, -0.1) is 0 Å². The highest BCUT2D eigenvalue weighted by molar-refractivity contribution is 6.75. The molecule has 0 atom stereocenters. The van der Waals surface area contributed by atoms with Gasteiger partial charge in [0.25, 0.3) is 0 Å². The minimum atomic E-state index is -2.67. The maximum absolute atomic E-state index is 5.79. The van der Waals surface area contributed by atoms with E-state index in [1.165, 1.54) is 0 Å². The highest BCUT2D eigenvalue weighted by Gasteiger charge is 2.42. The lowest BCUT2D eigenvalue weighted by Gasteiger charge is -2.28. The summed E-state index contributed by atoms with van der Waals surface area (Å²) in [4.78, 5) is 0. The molecule has 0 N–H and O–H groups in total. The average Bonchev–Trinajstić information content (AvgIpc) is 2.63. The lowest BCUT2D eigenvalue weighted by Crippen LogP contribution is -2.56. The van der Waals surface area contributed by atoms with Crippen molar-refractivity contribution in [1.82, 2.24) is 0 Å². The van der Waals surface area contributed by atoms with Gasteiger partial charge in [-0.25, -0.2) is 0 Å². The Morgan fingerprint density at radius 3 is 1.33 bits per heavy atom. The second-order valence-electron chi connectivity index (χ2n) is 4.70. The van der Waals surface area contributed by atoms with Crippen LogP contribution in [0, 0.1) is 0 Å². The molecule has 0 bridgehead atoms. The van der Waals surface area contributed by atoms with Gasteiger partial charge in [-0.05, 0) is 20.8 Å². The van der Waals surface area contributed by atoms with Crippen LogP contribution in [0.2, 0.25) is 6.55 Å². The molecule has 0 aromatic heterocycles. The van der Waals surface area contributed by atoms with Crippen LogP contribution >= 0.6 is 0 Å². The third kappa shape index (κ3) is 7.53. The first-order chi connectivity index (χ1) is 11.5. The predicted octanol–water partition coefficient (Wildman–Crippen LogP) is 2.44. The van der Waals surface area contributed by atoms with E-state index < -0.39 is 17.6 Å². The summed E-state index contributed by atoms with van der Waals surface area (Å²) in [5.74, 6) is 0. The maximum Gasteiger partial charge on any atom is 0.537 e. The fourth-order valence-corrected chi connectivity index (χ4v) is 4.83. The molecule has 1 aromatic carbocycles. The molecule has 1 rings (SSSR count). The van der Waals surface area contributed by atoms with E-state index in [0.717, 1.165) is 5.19 Å². The van der Waals surface area contributed by atoms with Crippen molar-refractivity contribution in [3.63, 3.8) is 0 Å². The van der Waals surface area contributed by atoms with Crippen LogP contribution in [-0.4, -0.2) is 58.8 Å². The Balaban J connectivity index is 0.000000561. The number of hydrogen-bond donors (Lipinski definition) is 0. The fourth-order valence-electron chi connectivity index (χ4n) is 1.84. The van der Waals surface area contributed by atoms with E-state index >= 15 is 0 Å². The van der Waals surface area contributed by atoms with Gasteiger partial charge < -0.3 is 26.6 Å². The molecule has 0 heterocycles. The summed E-state index contributed by atoms with van der Waals surface area (Å²) >= 11 is 0. The molecule has 0 aliphatic heterocycles. The molecule has 0 radical (unpaired) electrons. The molecule has 0 saturated heterocycles. The van der Waals surface area contributed by atoms with Gasteiger partial charge in [-0.3, -0.25) is 0 Å². The van der Waals surface area contributed by atoms with Crippen molar-refractivity contribution in [2.75, 3.05) is 41.2 Å². The second-order valence-corrected chi connectivity index (χ2v) is 10.2. The quantitative estimate of drug-likeness (QED) is 0.585. The Hall–Kier alpha value is -0.586. The van der Waals surface area contributed by atoms with Crippen LogP contribution in [0.25, 0.3) is 0 Å². The molecule has 24 heavy (non-hydrogen) atoms. The van der Waals surface area contributed by atoms with Crippen LogP contribution in [-0.2, 0) is 26.6 Å². The first-order valence-electron chi connectivity index (χ1n) is 8.10. The van der Waals surface area contributed by atoms with E-state index in [-0.39, 0.29) is 0 Å². The number of hydrogen-bond acceptors (Lipinski definition) is 6. The summed E-state index contributed by atoms with van der Waals surface area (Å²) in [6, 6.07) is 9.95. The van der Waals surface area contributed by atoms with Gasteiger partial charge in [0.15, 0.2) is 0 Å². The van der Waals surface area contributed by atoms with Crippen molar-refractivity contribution in [3.05, 3.63) is 30.3 Å². The summed E-state index contributed by atoms with van der Waals surface area (Å²) in [5.41, 5.74) is 0. The van der Waals surface area contributed by atoms with Crippen LogP contribution in [0.3, 0.4) is 0 Å². The van der Waals surface area contributed by atoms with Crippen molar-refractivity contribution in [1.29, 1.82) is 0 Å². The zero-order chi connectivity index (χ0) is 18.5. The molecule has 0 aliphatic rings. The average molecular weight is 377 g/mol. The van der Waals surface area contributed by atoms with Gasteiger partial charge >= 0.3 is 17.6 Å². The third-order valence-corrected chi connectivity index (χ3v) is 8.51. The second kappa shape index (κ2) is 12.7. The number of rotatable bonds is 10. The van der Waals surface area contributed by atoms with E-state index in [4.69, 9.17) is 26.6 Å². The summed E-state index contributed by atoms with van der Waals surface area (Å²) in [7, 11) is -0.0952. The molecule has 0 spiro atoms. The molecule has 0 fully saturated rings. The Morgan fingerprint density at radius 2 is 1.08 bits per heavy atom. The highest BCUT2D eigenvalue weighted by atomic mass is 28.4. The Bertz CT molecular complexity index is 389. The van der Waals surface area contributed by atoms with Gasteiger partial charge in [0, 0.05) is 52.9 Å². The molecule has 140 valence electrons. The van der Waals surface area contributed by atoms with Gasteiger partial charge in [0.1, 0.15) is 0 Å². The topological polar surface area (TPSA) is 55.4 Å². The first-order valence-corrected chi connectivity index (χ1v) is 12.0. The molecule has 0 aliphatic carbocycles. The van der Waals surface area contributed by atoms with E-state index in [9.17, 15) is 0 Å². The van der Waals surface area contributed by atoms with Gasteiger partial charge in [-0.2, -0.15) is 0 Å². The van der Waals surface area contributed by atoms with Crippen LogP contribution in [0.4, 0.5) is 0 Å². The lowest BCUT2D eigenvalue weighted by molar-refractivity contribution is 0.0859. The maximum atomic E-state index is 5.79. The van der Waals surface area contributed by atoms with Crippen molar-refractivity contribution in [2.45, 2.75) is 27.3 Å². The molecule has 0 amide bonds. The van der Waals surface area contributed by atoms with Crippen molar-refractivity contribution >= 4 is 22.8 Å². The number of benzene rings is 1. The molecular weight excluding hydrogens is 344 g/mol. The summed E-state index contributed by atoms with van der Waals surface area (Å²) in [6.45, 7) is 9.50. The molecular formula is C16H32O6Si2. The molecule has 6 nitrogen and oxygen atoms in total. The SMILES string of the molecule is CCO[Si](OCC)(OCC)c1ccccc1.CO[Si](C)(OC)OC. The zero-order valence-corrected chi connectivity index (χ0v) is 18.0. The predicted molar refractivity (Wildman–Crippen MR) is 99.4 cm³/mol. The van der Waals surface area contributed by atoms with Crippen molar-refractivity contribution in [2.24, 2.45) is 0 Å². The molecule has 0 unspecified atom stereocenters. The van der Waals surface area contributed by atoms with E-state index in [2.05, 4.69) is 0 Å². The van der Waals surface area contributed by atoms with Crippen LogP contribution in [0.15, 0.2) is 30.3 Å². The van der Waals surface area contributed by atoms with Gasteiger partial charge in [0.05, 0.1) is 0 Å². The molecule has 0 saturated carbocycles. The Morgan fingerprint density at radius 1 is 0.708 bits per heavy atom. The largest absolute Gasteiger partial charge is 0.537 e. The lowest BCUT2D eigenvalue weighted by atomic mass is 10.4. The standard InChI is InChI=1S/C12H20O3Si.C4H12O3Si/c1-4-13-16(14-5-2,15-6-3)12-10-8-7-9-11-12;1-5-8(4,6-2)7-3/h7-11H,4-6H2,1-3H3;1-4H3. The molecule has 1 aromatic rings. The van der Waals surface area contributed by atoms with Crippen LogP contribution in [0.1, 0.15) is 20.8 Å². The molecule has 8 heteroatoms. The van der Waals surface area contributed by atoms with E-state index in [1.807, 2.05) is 57.7 Å². The third-order valence-electron chi connectivity index (χ3n) is 3.24. The normalized spacial score (nSPS) is 11.8. The fraction of sp³-hybridized carbons (Fsp3) is 0.625. The minimum Gasteiger partial charge on any atom is -0.377 e. The minimum absolute atomic E-state index is 0.598.